The normalized spacial score (nSPS) is 19.6. The van der Waals surface area contributed by atoms with Gasteiger partial charge < -0.3 is 23.8 Å². The van der Waals surface area contributed by atoms with Crippen LogP contribution in [0.5, 0.6) is 11.5 Å². The van der Waals surface area contributed by atoms with E-state index in [0.29, 0.717) is 37.7 Å². The average molecular weight is 496 g/mol. The first-order valence-electron chi connectivity index (χ1n) is 11.5. The Balaban J connectivity index is 1.16. The number of carbonyl (C=O) groups excluding carboxylic acids is 2. The molecule has 1 unspecified atom stereocenters. The molecule has 2 aromatic heterocycles. The van der Waals surface area contributed by atoms with Gasteiger partial charge in [0.05, 0.1) is 5.56 Å². The van der Waals surface area contributed by atoms with Crippen LogP contribution in [0.4, 0.5) is 0 Å². The lowest BCUT2D eigenvalue weighted by molar-refractivity contribution is -0.142. The van der Waals surface area contributed by atoms with Crippen molar-refractivity contribution in [2.75, 3.05) is 38.5 Å². The van der Waals surface area contributed by atoms with Gasteiger partial charge in [-0.05, 0) is 42.0 Å². The highest BCUT2D eigenvalue weighted by molar-refractivity contribution is 7.98. The number of hydrogen-bond acceptors (Lipinski definition) is 6. The van der Waals surface area contributed by atoms with Crippen LogP contribution in [-0.4, -0.2) is 70.8 Å². The minimum absolute atomic E-state index is 0.0753. The second-order valence-electron chi connectivity index (χ2n) is 8.56. The van der Waals surface area contributed by atoms with Gasteiger partial charge in [-0.15, -0.1) is 11.3 Å². The Morgan fingerprint density at radius 3 is 2.47 bits per heavy atom. The molecule has 3 aromatic rings. The van der Waals surface area contributed by atoms with Crippen molar-refractivity contribution in [1.82, 2.24) is 14.4 Å². The smallest absolute Gasteiger partial charge is 0.267 e. The fraction of sp³-hybridized carbons (Fsp3) is 0.360. The lowest BCUT2D eigenvalue weighted by atomic mass is 10.1. The zero-order chi connectivity index (χ0) is 23.1. The third-order valence-electron chi connectivity index (χ3n) is 6.52. The van der Waals surface area contributed by atoms with E-state index in [1.54, 1.807) is 16.2 Å². The number of nitrogens with zero attached hydrogens (tertiary/aromatic N) is 3. The predicted molar refractivity (Wildman–Crippen MR) is 132 cm³/mol. The van der Waals surface area contributed by atoms with Gasteiger partial charge in [0.2, 0.25) is 6.10 Å². The molecule has 1 aromatic carbocycles. The van der Waals surface area contributed by atoms with E-state index >= 15 is 0 Å². The van der Waals surface area contributed by atoms with Crippen molar-refractivity contribution in [3.05, 3.63) is 64.8 Å². The summed E-state index contributed by atoms with van der Waals surface area (Å²) in [5.41, 5.74) is 2.05. The number of piperazine rings is 1. The second-order valence-corrected chi connectivity index (χ2v) is 10.7. The standard InChI is InChI=1S/C25H25N3O4S2/c29-23(20-15-31-18-5-1-2-6-19(18)32-20)26-10-12-27(13-11-26)24(30)22-17-7-14-33-16-21(17)34-25(22)28-8-3-4-9-28/h1-6,8-9,20H,7,10-16H2. The number of hydrogen-bond donors (Lipinski definition) is 0. The summed E-state index contributed by atoms with van der Waals surface area (Å²) in [4.78, 5) is 31.8. The number of rotatable bonds is 3. The summed E-state index contributed by atoms with van der Waals surface area (Å²) in [6, 6.07) is 11.4. The summed E-state index contributed by atoms with van der Waals surface area (Å²) in [7, 11) is 0. The summed E-state index contributed by atoms with van der Waals surface area (Å²) in [5.74, 6) is 3.27. The van der Waals surface area contributed by atoms with Crippen LogP contribution >= 0.6 is 23.1 Å². The molecule has 9 heteroatoms. The topological polar surface area (TPSA) is 64.0 Å². The van der Waals surface area contributed by atoms with E-state index in [1.165, 1.54) is 10.4 Å². The third-order valence-corrected chi connectivity index (χ3v) is 8.93. The number of para-hydroxylation sites is 2. The molecule has 6 rings (SSSR count). The molecule has 0 saturated carbocycles. The first-order chi connectivity index (χ1) is 16.7. The molecule has 176 valence electrons. The van der Waals surface area contributed by atoms with Crippen molar-refractivity contribution in [3.63, 3.8) is 0 Å². The summed E-state index contributed by atoms with van der Waals surface area (Å²) in [5, 5.41) is 1.01. The van der Waals surface area contributed by atoms with Gasteiger partial charge in [-0.1, -0.05) is 12.1 Å². The number of fused-ring (bicyclic) bond motifs is 2. The molecule has 0 N–H and O–H groups in total. The van der Waals surface area contributed by atoms with Crippen molar-refractivity contribution in [2.24, 2.45) is 0 Å². The van der Waals surface area contributed by atoms with Gasteiger partial charge in [-0.2, -0.15) is 11.8 Å². The van der Waals surface area contributed by atoms with Crippen LogP contribution < -0.4 is 9.47 Å². The van der Waals surface area contributed by atoms with Gasteiger partial charge in [-0.3, -0.25) is 9.59 Å². The van der Waals surface area contributed by atoms with Crippen LogP contribution in [0.1, 0.15) is 20.8 Å². The molecule has 1 atom stereocenters. The van der Waals surface area contributed by atoms with Gasteiger partial charge in [0, 0.05) is 49.2 Å². The number of aromatic nitrogens is 1. The zero-order valence-electron chi connectivity index (χ0n) is 18.6. The molecule has 34 heavy (non-hydrogen) atoms. The Kier molecular flexibility index (Phi) is 5.74. The summed E-state index contributed by atoms with van der Waals surface area (Å²) in [6.07, 6.45) is 4.28. The van der Waals surface area contributed by atoms with Gasteiger partial charge in [0.1, 0.15) is 11.6 Å². The number of thioether (sulfide) groups is 1. The minimum Gasteiger partial charge on any atom is -0.485 e. The molecule has 7 nitrogen and oxygen atoms in total. The first-order valence-corrected chi connectivity index (χ1v) is 13.5. The van der Waals surface area contributed by atoms with Gasteiger partial charge in [0.25, 0.3) is 11.8 Å². The fourth-order valence-electron chi connectivity index (χ4n) is 4.72. The van der Waals surface area contributed by atoms with Crippen LogP contribution in [0.3, 0.4) is 0 Å². The Bertz CT molecular complexity index is 1210. The molecule has 3 aliphatic rings. The fourth-order valence-corrected chi connectivity index (χ4v) is 7.16. The van der Waals surface area contributed by atoms with E-state index in [-0.39, 0.29) is 18.4 Å². The van der Waals surface area contributed by atoms with Gasteiger partial charge in [0.15, 0.2) is 11.5 Å². The van der Waals surface area contributed by atoms with Gasteiger partial charge >= 0.3 is 0 Å². The molecule has 0 aliphatic carbocycles. The Morgan fingerprint density at radius 1 is 0.941 bits per heavy atom. The van der Waals surface area contributed by atoms with E-state index < -0.39 is 6.10 Å². The van der Waals surface area contributed by atoms with Crippen LogP contribution in [0, 0.1) is 0 Å². The molecule has 1 fully saturated rings. The predicted octanol–water partition coefficient (Wildman–Crippen LogP) is 3.45. The highest BCUT2D eigenvalue weighted by Crippen LogP contribution is 2.39. The molecular weight excluding hydrogens is 470 g/mol. The number of thiophene rings is 1. The SMILES string of the molecule is O=C(c1c(-n2cccc2)sc2c1CCSC2)N1CCN(C(=O)C2COc3ccccc3O2)CC1. The summed E-state index contributed by atoms with van der Waals surface area (Å²) < 4.78 is 13.7. The molecule has 5 heterocycles. The van der Waals surface area contributed by atoms with Crippen molar-refractivity contribution in [1.29, 1.82) is 0 Å². The molecule has 0 radical (unpaired) electrons. The molecule has 3 aliphatic heterocycles. The van der Waals surface area contributed by atoms with E-state index in [4.69, 9.17) is 9.47 Å². The monoisotopic (exact) mass is 495 g/mol. The highest BCUT2D eigenvalue weighted by atomic mass is 32.2. The van der Waals surface area contributed by atoms with E-state index in [1.807, 2.05) is 65.5 Å². The molecule has 2 amide bonds. The first kappa shape index (κ1) is 21.6. The Hall–Kier alpha value is -2.91. The maximum Gasteiger partial charge on any atom is 0.267 e. The van der Waals surface area contributed by atoms with Gasteiger partial charge in [-0.25, -0.2) is 0 Å². The third kappa shape index (κ3) is 3.86. The molecule has 0 spiro atoms. The van der Waals surface area contributed by atoms with Crippen LogP contribution in [0.15, 0.2) is 48.8 Å². The largest absolute Gasteiger partial charge is 0.485 e. The van der Waals surface area contributed by atoms with Crippen LogP contribution in [-0.2, 0) is 17.0 Å². The van der Waals surface area contributed by atoms with Crippen molar-refractivity contribution < 1.29 is 19.1 Å². The quantitative estimate of drug-likeness (QED) is 0.557. The number of benzene rings is 1. The average Bonchev–Trinajstić information content (AvgIpc) is 3.56. The maximum atomic E-state index is 13.7. The number of ether oxygens (including phenoxy) is 2. The van der Waals surface area contributed by atoms with Crippen molar-refractivity contribution >= 4 is 34.9 Å². The van der Waals surface area contributed by atoms with Crippen molar-refractivity contribution in [3.8, 4) is 16.5 Å². The zero-order valence-corrected chi connectivity index (χ0v) is 20.3. The van der Waals surface area contributed by atoms with E-state index in [2.05, 4.69) is 4.57 Å². The van der Waals surface area contributed by atoms with Crippen LogP contribution in [0.2, 0.25) is 0 Å². The molecule has 1 saturated heterocycles. The van der Waals surface area contributed by atoms with E-state index in [9.17, 15) is 9.59 Å². The Labute approximate surface area is 206 Å². The highest BCUT2D eigenvalue weighted by Gasteiger charge is 2.35. The minimum atomic E-state index is -0.654. The number of amides is 2. The van der Waals surface area contributed by atoms with E-state index in [0.717, 1.165) is 28.5 Å². The summed E-state index contributed by atoms with van der Waals surface area (Å²) >= 11 is 3.66. The van der Waals surface area contributed by atoms with Crippen molar-refractivity contribution in [2.45, 2.75) is 18.3 Å². The van der Waals surface area contributed by atoms with Crippen LogP contribution in [0.25, 0.3) is 5.00 Å². The maximum absolute atomic E-state index is 13.7. The Morgan fingerprint density at radius 2 is 1.68 bits per heavy atom. The summed E-state index contributed by atoms with van der Waals surface area (Å²) in [6.45, 7) is 2.22. The number of carbonyl (C=O) groups is 2. The lowest BCUT2D eigenvalue weighted by Crippen LogP contribution is -2.55. The lowest BCUT2D eigenvalue weighted by Gasteiger charge is -2.37. The molecule has 0 bridgehead atoms. The second kappa shape index (κ2) is 9.03. The molecular formula is C25H25N3O4S2.